The number of aromatic nitrogens is 2. The summed E-state index contributed by atoms with van der Waals surface area (Å²) in [5.74, 6) is 0.719. The maximum Gasteiger partial charge on any atom is 0.270 e. The molecule has 58 valence electrons. The van der Waals surface area contributed by atoms with Crippen molar-refractivity contribution in [1.82, 2.24) is 9.97 Å². The number of azo groups is 1. The van der Waals surface area contributed by atoms with Crippen LogP contribution in [-0.2, 0) is 0 Å². The molecule has 0 bridgehead atoms. The largest absolute Gasteiger partial charge is 0.384 e. The van der Waals surface area contributed by atoms with Crippen LogP contribution < -0.4 is 5.73 Å². The molecular weight excluding hydrogens is 142 g/mol. The van der Waals surface area contributed by atoms with Crippen LogP contribution in [0.1, 0.15) is 6.92 Å². The molecule has 0 unspecified atom stereocenters. The molecule has 1 rings (SSSR count). The van der Waals surface area contributed by atoms with E-state index in [4.69, 9.17) is 5.73 Å². The van der Waals surface area contributed by atoms with E-state index in [-0.39, 0.29) is 0 Å². The molecule has 2 N–H and O–H groups in total. The quantitative estimate of drug-likeness (QED) is 0.644. The van der Waals surface area contributed by atoms with Crippen LogP contribution in [0.2, 0.25) is 0 Å². The first kappa shape index (κ1) is 7.59. The Morgan fingerprint density at radius 1 is 1.64 bits per heavy atom. The van der Waals surface area contributed by atoms with E-state index < -0.39 is 0 Å². The van der Waals surface area contributed by atoms with E-state index in [9.17, 15) is 0 Å². The summed E-state index contributed by atoms with van der Waals surface area (Å²) in [4.78, 5) is 7.64. The number of nitrogen functional groups attached to an aromatic ring is 1. The van der Waals surface area contributed by atoms with E-state index >= 15 is 0 Å². The van der Waals surface area contributed by atoms with Crippen molar-refractivity contribution in [2.24, 2.45) is 10.2 Å². The van der Waals surface area contributed by atoms with Crippen LogP contribution in [0, 0.1) is 0 Å². The van der Waals surface area contributed by atoms with Crippen LogP contribution in [0.5, 0.6) is 0 Å². The minimum atomic E-state index is 0.312. The van der Waals surface area contributed by atoms with Gasteiger partial charge in [-0.25, -0.2) is 4.98 Å². The topological polar surface area (TPSA) is 76.5 Å². The van der Waals surface area contributed by atoms with Crippen molar-refractivity contribution in [1.29, 1.82) is 0 Å². The Labute approximate surface area is 64.4 Å². The number of rotatable bonds is 2. The lowest BCUT2D eigenvalue weighted by atomic mass is 10.6. The molecule has 0 spiro atoms. The number of hydrogen-bond donors (Lipinski definition) is 1. The summed E-state index contributed by atoms with van der Waals surface area (Å²) in [6.07, 6.45) is 1.55. The molecule has 0 aliphatic rings. The Morgan fingerprint density at radius 3 is 3.09 bits per heavy atom. The normalized spacial score (nSPS) is 10.6. The minimum Gasteiger partial charge on any atom is -0.384 e. The highest BCUT2D eigenvalue weighted by atomic mass is 15.2. The first-order chi connectivity index (χ1) is 5.33. The Balaban J connectivity index is 2.79. The standard InChI is InChI=1S/C6H9N5/c1-2-9-11-6-8-4-3-5(7)10-6/h3-4H,2H2,1H3,(H2,7,8,10). The van der Waals surface area contributed by atoms with Gasteiger partial charge in [0.1, 0.15) is 5.82 Å². The second-order valence-electron chi connectivity index (χ2n) is 1.84. The molecule has 0 aromatic carbocycles. The van der Waals surface area contributed by atoms with E-state index in [1.54, 1.807) is 12.3 Å². The maximum absolute atomic E-state index is 5.38. The highest BCUT2D eigenvalue weighted by Crippen LogP contribution is 2.04. The highest BCUT2D eigenvalue weighted by molar-refractivity contribution is 5.30. The van der Waals surface area contributed by atoms with E-state index in [1.807, 2.05) is 6.92 Å². The summed E-state index contributed by atoms with van der Waals surface area (Å²) in [7, 11) is 0. The third kappa shape index (κ3) is 2.29. The van der Waals surface area contributed by atoms with Gasteiger partial charge < -0.3 is 5.73 Å². The molecule has 1 aromatic heterocycles. The summed E-state index contributed by atoms with van der Waals surface area (Å²) in [6.45, 7) is 2.51. The fourth-order valence-electron chi connectivity index (χ4n) is 0.544. The minimum absolute atomic E-state index is 0.312. The van der Waals surface area contributed by atoms with Gasteiger partial charge in [0, 0.05) is 6.20 Å². The SMILES string of the molecule is CCN=Nc1nccc(N)n1. The van der Waals surface area contributed by atoms with Gasteiger partial charge >= 0.3 is 0 Å². The summed E-state index contributed by atoms with van der Waals surface area (Å²) < 4.78 is 0. The molecule has 0 aliphatic heterocycles. The predicted octanol–water partition coefficient (Wildman–Crippen LogP) is 1.16. The van der Waals surface area contributed by atoms with Gasteiger partial charge in [0.2, 0.25) is 0 Å². The predicted molar refractivity (Wildman–Crippen MR) is 41.5 cm³/mol. The molecule has 0 saturated carbocycles. The Bertz CT molecular complexity index is 257. The molecule has 1 aromatic rings. The number of nitrogens with two attached hydrogens (primary N) is 1. The number of anilines is 1. The van der Waals surface area contributed by atoms with E-state index in [0.29, 0.717) is 18.3 Å². The van der Waals surface area contributed by atoms with Crippen LogP contribution in [-0.4, -0.2) is 16.5 Å². The lowest BCUT2D eigenvalue weighted by Crippen LogP contribution is -1.89. The van der Waals surface area contributed by atoms with Gasteiger partial charge in [-0.3, -0.25) is 0 Å². The van der Waals surface area contributed by atoms with Gasteiger partial charge in [0.05, 0.1) is 6.54 Å². The molecule has 1 heterocycles. The van der Waals surface area contributed by atoms with Gasteiger partial charge in [-0.15, -0.1) is 5.11 Å². The van der Waals surface area contributed by atoms with Crippen LogP contribution >= 0.6 is 0 Å². The Hall–Kier alpha value is -1.52. The van der Waals surface area contributed by atoms with Gasteiger partial charge in [-0.2, -0.15) is 10.1 Å². The van der Waals surface area contributed by atoms with Crippen LogP contribution in [0.3, 0.4) is 0 Å². The van der Waals surface area contributed by atoms with Gasteiger partial charge in [-0.05, 0) is 13.0 Å². The van der Waals surface area contributed by atoms with Gasteiger partial charge in [0.15, 0.2) is 0 Å². The molecule has 0 saturated heterocycles. The fraction of sp³-hybridized carbons (Fsp3) is 0.333. The van der Waals surface area contributed by atoms with Crippen LogP contribution in [0.15, 0.2) is 22.5 Å². The summed E-state index contributed by atoms with van der Waals surface area (Å²) in [6, 6.07) is 1.60. The third-order valence-corrected chi connectivity index (χ3v) is 0.966. The molecule has 0 amide bonds. The lowest BCUT2D eigenvalue weighted by molar-refractivity contribution is 0.963. The van der Waals surface area contributed by atoms with Crippen molar-refractivity contribution in [2.45, 2.75) is 6.92 Å². The molecule has 5 nitrogen and oxygen atoms in total. The van der Waals surface area contributed by atoms with Gasteiger partial charge in [0.25, 0.3) is 5.95 Å². The number of hydrogen-bond acceptors (Lipinski definition) is 5. The highest BCUT2D eigenvalue weighted by Gasteiger charge is 1.90. The molecule has 0 aliphatic carbocycles. The van der Waals surface area contributed by atoms with E-state index in [1.165, 1.54) is 0 Å². The van der Waals surface area contributed by atoms with Crippen LogP contribution in [0.4, 0.5) is 11.8 Å². The van der Waals surface area contributed by atoms with Crippen molar-refractivity contribution in [2.75, 3.05) is 12.3 Å². The molecule has 0 fully saturated rings. The van der Waals surface area contributed by atoms with Crippen molar-refractivity contribution in [3.05, 3.63) is 12.3 Å². The average molecular weight is 151 g/mol. The first-order valence-electron chi connectivity index (χ1n) is 3.29. The Morgan fingerprint density at radius 2 is 2.45 bits per heavy atom. The molecular formula is C6H9N5. The second-order valence-corrected chi connectivity index (χ2v) is 1.84. The van der Waals surface area contributed by atoms with Crippen molar-refractivity contribution < 1.29 is 0 Å². The van der Waals surface area contributed by atoms with E-state index in [0.717, 1.165) is 0 Å². The average Bonchev–Trinajstić information content (AvgIpc) is 2.01. The molecule has 0 radical (unpaired) electrons. The zero-order valence-corrected chi connectivity index (χ0v) is 6.23. The monoisotopic (exact) mass is 151 g/mol. The number of nitrogens with zero attached hydrogens (tertiary/aromatic N) is 4. The molecule has 5 heteroatoms. The second kappa shape index (κ2) is 3.60. The van der Waals surface area contributed by atoms with Crippen LogP contribution in [0.25, 0.3) is 0 Å². The lowest BCUT2D eigenvalue weighted by Gasteiger charge is -1.90. The van der Waals surface area contributed by atoms with Crippen molar-refractivity contribution in [3.8, 4) is 0 Å². The zero-order valence-electron chi connectivity index (χ0n) is 6.23. The summed E-state index contributed by atoms with van der Waals surface area (Å²) in [5.41, 5.74) is 5.38. The van der Waals surface area contributed by atoms with Gasteiger partial charge in [-0.1, -0.05) is 0 Å². The smallest absolute Gasteiger partial charge is 0.270 e. The first-order valence-corrected chi connectivity index (χ1v) is 3.29. The maximum atomic E-state index is 5.38. The summed E-state index contributed by atoms with van der Waals surface area (Å²) in [5, 5.41) is 7.44. The fourth-order valence-corrected chi connectivity index (χ4v) is 0.544. The van der Waals surface area contributed by atoms with E-state index in [2.05, 4.69) is 20.2 Å². The zero-order chi connectivity index (χ0) is 8.10. The Kier molecular flexibility index (Phi) is 2.48. The molecule has 0 atom stereocenters. The van der Waals surface area contributed by atoms with Crippen molar-refractivity contribution in [3.63, 3.8) is 0 Å². The third-order valence-electron chi connectivity index (χ3n) is 0.966. The van der Waals surface area contributed by atoms with Crippen molar-refractivity contribution >= 4 is 11.8 Å². The molecule has 11 heavy (non-hydrogen) atoms. The summed E-state index contributed by atoms with van der Waals surface area (Å²) >= 11 is 0.